The molecule has 0 aromatic carbocycles. The second kappa shape index (κ2) is 5.71. The lowest BCUT2D eigenvalue weighted by Gasteiger charge is -1.97. The van der Waals surface area contributed by atoms with Crippen molar-refractivity contribution in [3.8, 4) is 28.9 Å². The van der Waals surface area contributed by atoms with Crippen LogP contribution in [0, 0.1) is 0 Å². The average Bonchev–Trinajstić information content (AvgIpc) is 3.16. The number of hydrogen-bond acceptors (Lipinski definition) is 8. The van der Waals surface area contributed by atoms with Crippen molar-refractivity contribution < 1.29 is 18.5 Å². The van der Waals surface area contributed by atoms with Gasteiger partial charge in [0.05, 0.1) is 7.11 Å². The van der Waals surface area contributed by atoms with Crippen molar-refractivity contribution in [3.05, 3.63) is 30.2 Å². The highest BCUT2D eigenvalue weighted by atomic mass is 16.5. The summed E-state index contributed by atoms with van der Waals surface area (Å²) in [6.07, 6.45) is 1.60. The number of nitrogens with zero attached hydrogens (tertiary/aromatic N) is 4. The zero-order valence-electron chi connectivity index (χ0n) is 11.4. The van der Waals surface area contributed by atoms with Crippen molar-refractivity contribution >= 4 is 0 Å². The molecule has 0 fully saturated rings. The molecule has 0 aliphatic rings. The molecule has 0 saturated heterocycles. The molecular formula is C13H12N4O4. The Balaban J connectivity index is 1.84. The molecule has 0 unspecified atom stereocenters. The molecule has 0 saturated carbocycles. The van der Waals surface area contributed by atoms with Crippen molar-refractivity contribution in [1.82, 2.24) is 20.3 Å². The molecule has 3 heterocycles. The Hall–Kier alpha value is -2.74. The van der Waals surface area contributed by atoms with E-state index in [0.717, 1.165) is 0 Å². The smallest absolute Gasteiger partial charge is 0.280 e. The van der Waals surface area contributed by atoms with Gasteiger partial charge in [-0.2, -0.15) is 4.98 Å². The molecule has 0 amide bonds. The van der Waals surface area contributed by atoms with Gasteiger partial charge in [0.2, 0.25) is 11.7 Å². The van der Waals surface area contributed by atoms with Gasteiger partial charge in [-0.1, -0.05) is 10.3 Å². The van der Waals surface area contributed by atoms with E-state index in [1.165, 1.54) is 0 Å². The Morgan fingerprint density at radius 2 is 2.05 bits per heavy atom. The number of rotatable bonds is 5. The van der Waals surface area contributed by atoms with Crippen LogP contribution in [0.15, 0.2) is 33.4 Å². The molecule has 0 radical (unpaired) electrons. The van der Waals surface area contributed by atoms with E-state index in [4.69, 9.17) is 18.5 Å². The monoisotopic (exact) mass is 288 g/mol. The third-order valence-electron chi connectivity index (χ3n) is 2.69. The maximum absolute atomic E-state index is 5.17. The fourth-order valence-electron chi connectivity index (χ4n) is 1.70. The molecule has 0 aliphatic heterocycles. The number of pyridine rings is 1. The van der Waals surface area contributed by atoms with Gasteiger partial charge in [-0.3, -0.25) is 0 Å². The van der Waals surface area contributed by atoms with Gasteiger partial charge in [-0.05, 0) is 6.07 Å². The normalized spacial score (nSPS) is 10.8. The first-order valence-electron chi connectivity index (χ1n) is 6.09. The molecule has 0 atom stereocenters. The van der Waals surface area contributed by atoms with Crippen LogP contribution < -0.4 is 4.74 Å². The van der Waals surface area contributed by atoms with Crippen molar-refractivity contribution in [2.75, 3.05) is 14.2 Å². The van der Waals surface area contributed by atoms with Crippen molar-refractivity contribution in [3.63, 3.8) is 0 Å². The number of aromatic nitrogens is 4. The minimum absolute atomic E-state index is 0.270. The van der Waals surface area contributed by atoms with E-state index in [9.17, 15) is 0 Å². The van der Waals surface area contributed by atoms with Crippen LogP contribution in [0.5, 0.6) is 5.88 Å². The van der Waals surface area contributed by atoms with Gasteiger partial charge < -0.3 is 18.5 Å². The average molecular weight is 288 g/mol. The molecule has 108 valence electrons. The summed E-state index contributed by atoms with van der Waals surface area (Å²) in [5.74, 6) is 1.78. The molecule has 3 rings (SSSR count). The predicted octanol–water partition coefficient (Wildman–Crippen LogP) is 1.94. The van der Waals surface area contributed by atoms with Crippen molar-refractivity contribution in [2.45, 2.75) is 6.61 Å². The molecule has 0 spiro atoms. The standard InChI is InChI=1S/C13H12N4O4/c1-18-7-9-5-10(16-20-9)13-15-12(17-21-13)8-3-4-11(19-2)14-6-8/h3-6H,7H2,1-2H3. The SMILES string of the molecule is COCc1cc(-c2nc(-c3ccc(OC)nc3)no2)no1. The minimum atomic E-state index is 0.270. The fraction of sp³-hybridized carbons (Fsp3) is 0.231. The number of hydrogen-bond donors (Lipinski definition) is 0. The van der Waals surface area contributed by atoms with Crippen LogP contribution in [0.25, 0.3) is 23.0 Å². The Morgan fingerprint density at radius 3 is 2.76 bits per heavy atom. The summed E-state index contributed by atoms with van der Waals surface area (Å²) in [4.78, 5) is 8.35. The van der Waals surface area contributed by atoms with Crippen molar-refractivity contribution in [2.24, 2.45) is 0 Å². The van der Waals surface area contributed by atoms with Crippen LogP contribution in [-0.4, -0.2) is 34.5 Å². The van der Waals surface area contributed by atoms with E-state index in [-0.39, 0.29) is 5.89 Å². The van der Waals surface area contributed by atoms with E-state index in [1.54, 1.807) is 38.6 Å². The second-order valence-electron chi connectivity index (χ2n) is 4.12. The molecule has 21 heavy (non-hydrogen) atoms. The summed E-state index contributed by atoms with van der Waals surface area (Å²) in [5.41, 5.74) is 1.17. The highest BCUT2D eigenvalue weighted by Crippen LogP contribution is 2.22. The zero-order valence-corrected chi connectivity index (χ0v) is 11.4. The van der Waals surface area contributed by atoms with Crippen LogP contribution in [0.1, 0.15) is 5.76 Å². The summed E-state index contributed by atoms with van der Waals surface area (Å²) >= 11 is 0. The largest absolute Gasteiger partial charge is 0.481 e. The first-order valence-corrected chi connectivity index (χ1v) is 6.09. The van der Waals surface area contributed by atoms with Gasteiger partial charge >= 0.3 is 0 Å². The Morgan fingerprint density at radius 1 is 1.14 bits per heavy atom. The lowest BCUT2D eigenvalue weighted by molar-refractivity contribution is 0.156. The number of ether oxygens (including phenoxy) is 2. The predicted molar refractivity (Wildman–Crippen MR) is 70.3 cm³/mol. The van der Waals surface area contributed by atoms with Gasteiger partial charge in [-0.15, -0.1) is 0 Å². The topological polar surface area (TPSA) is 96.3 Å². The lowest BCUT2D eigenvalue weighted by atomic mass is 10.3. The summed E-state index contributed by atoms with van der Waals surface area (Å²) in [6, 6.07) is 5.20. The first-order chi connectivity index (χ1) is 10.3. The first kappa shape index (κ1) is 13.3. The Kier molecular flexibility index (Phi) is 3.61. The quantitative estimate of drug-likeness (QED) is 0.702. The van der Waals surface area contributed by atoms with Crippen LogP contribution in [0.2, 0.25) is 0 Å². The van der Waals surface area contributed by atoms with E-state index in [1.807, 2.05) is 0 Å². The van der Waals surface area contributed by atoms with Crippen LogP contribution in [0.3, 0.4) is 0 Å². The minimum Gasteiger partial charge on any atom is -0.481 e. The maximum atomic E-state index is 5.17. The molecule has 3 aromatic rings. The molecule has 0 aliphatic carbocycles. The molecule has 3 aromatic heterocycles. The van der Waals surface area contributed by atoms with Gasteiger partial charge in [0, 0.05) is 31.0 Å². The fourth-order valence-corrected chi connectivity index (χ4v) is 1.70. The number of methoxy groups -OCH3 is 2. The Bertz CT molecular complexity index is 720. The van der Waals surface area contributed by atoms with Crippen molar-refractivity contribution in [1.29, 1.82) is 0 Å². The maximum Gasteiger partial charge on any atom is 0.280 e. The van der Waals surface area contributed by atoms with E-state index in [0.29, 0.717) is 35.3 Å². The summed E-state index contributed by atoms with van der Waals surface area (Å²) in [5, 5.41) is 7.75. The van der Waals surface area contributed by atoms with Gasteiger partial charge in [0.1, 0.15) is 6.61 Å². The summed E-state index contributed by atoms with van der Waals surface area (Å²) in [6.45, 7) is 0.330. The van der Waals surface area contributed by atoms with E-state index in [2.05, 4.69) is 20.3 Å². The van der Waals surface area contributed by atoms with Gasteiger partial charge in [0.15, 0.2) is 11.5 Å². The molecular weight excluding hydrogens is 276 g/mol. The van der Waals surface area contributed by atoms with E-state index >= 15 is 0 Å². The van der Waals surface area contributed by atoms with Gasteiger partial charge in [-0.25, -0.2) is 4.98 Å². The van der Waals surface area contributed by atoms with Crippen LogP contribution in [0.4, 0.5) is 0 Å². The van der Waals surface area contributed by atoms with Crippen LogP contribution >= 0.6 is 0 Å². The van der Waals surface area contributed by atoms with Gasteiger partial charge in [0.25, 0.3) is 5.89 Å². The molecule has 8 heteroatoms. The highest BCUT2D eigenvalue weighted by molar-refractivity contribution is 5.57. The zero-order chi connectivity index (χ0) is 14.7. The summed E-state index contributed by atoms with van der Waals surface area (Å²) < 4.78 is 20.2. The third-order valence-corrected chi connectivity index (χ3v) is 2.69. The molecule has 0 bridgehead atoms. The Labute approximate surface area is 119 Å². The van der Waals surface area contributed by atoms with Crippen LogP contribution in [-0.2, 0) is 11.3 Å². The van der Waals surface area contributed by atoms with E-state index < -0.39 is 0 Å². The molecule has 0 N–H and O–H groups in total. The summed E-state index contributed by atoms with van der Waals surface area (Å²) in [7, 11) is 3.13. The second-order valence-corrected chi connectivity index (χ2v) is 4.12. The lowest BCUT2D eigenvalue weighted by Crippen LogP contribution is -1.88. The third kappa shape index (κ3) is 2.75. The highest BCUT2D eigenvalue weighted by Gasteiger charge is 2.15. The molecule has 8 nitrogen and oxygen atoms in total.